The van der Waals surface area contributed by atoms with Crippen molar-refractivity contribution in [3.05, 3.63) is 35.5 Å². The van der Waals surface area contributed by atoms with Gasteiger partial charge in [-0.2, -0.15) is 0 Å². The average molecular weight is 194 g/mol. The van der Waals surface area contributed by atoms with E-state index in [2.05, 4.69) is 4.98 Å². The normalized spacial score (nSPS) is 10.3. The van der Waals surface area contributed by atoms with Gasteiger partial charge in [-0.15, -0.1) is 0 Å². The molecule has 0 unspecified atom stereocenters. The molecule has 2 aromatic rings. The number of fused-ring (bicyclic) bond motifs is 1. The van der Waals surface area contributed by atoms with Crippen molar-refractivity contribution in [3.8, 4) is 5.75 Å². The molecule has 0 fully saturated rings. The molecule has 0 aliphatic carbocycles. The van der Waals surface area contributed by atoms with Gasteiger partial charge in [0.2, 0.25) is 0 Å². The van der Waals surface area contributed by atoms with Gasteiger partial charge in [0.25, 0.3) is 0 Å². The van der Waals surface area contributed by atoms with Crippen LogP contribution in [0.3, 0.4) is 0 Å². The fourth-order valence-electron chi connectivity index (χ4n) is 1.27. The number of hydrogen-bond donors (Lipinski definition) is 0. The molecule has 0 radical (unpaired) electrons. The van der Waals surface area contributed by atoms with E-state index in [1.807, 2.05) is 24.3 Å². The molecule has 0 aliphatic heterocycles. The molecule has 1 aromatic heterocycles. The van der Waals surface area contributed by atoms with E-state index in [0.29, 0.717) is 5.02 Å². The molecule has 2 nitrogen and oxygen atoms in total. The Balaban J connectivity index is 2.79. The summed E-state index contributed by atoms with van der Waals surface area (Å²) in [5.41, 5.74) is 0.892. The summed E-state index contributed by atoms with van der Waals surface area (Å²) in [6, 6.07) is 7.36. The van der Waals surface area contributed by atoms with Crippen molar-refractivity contribution in [2.24, 2.45) is 0 Å². The van der Waals surface area contributed by atoms with Gasteiger partial charge in [0.05, 0.1) is 12.6 Å². The Morgan fingerprint density at radius 3 is 2.92 bits per heavy atom. The highest BCUT2D eigenvalue weighted by molar-refractivity contribution is 6.31. The van der Waals surface area contributed by atoms with Crippen LogP contribution in [0.1, 0.15) is 0 Å². The van der Waals surface area contributed by atoms with Crippen molar-refractivity contribution < 1.29 is 4.74 Å². The fraction of sp³-hybridized carbons (Fsp3) is 0.100. The van der Waals surface area contributed by atoms with Gasteiger partial charge in [-0.1, -0.05) is 11.6 Å². The van der Waals surface area contributed by atoms with Crippen molar-refractivity contribution in [3.63, 3.8) is 0 Å². The number of halogens is 1. The quantitative estimate of drug-likeness (QED) is 0.695. The van der Waals surface area contributed by atoms with Crippen LogP contribution in [-0.4, -0.2) is 12.1 Å². The van der Waals surface area contributed by atoms with Crippen molar-refractivity contribution in [2.75, 3.05) is 7.11 Å². The summed E-state index contributed by atoms with van der Waals surface area (Å²) in [6.07, 6.45) is 1.72. The van der Waals surface area contributed by atoms with Crippen molar-refractivity contribution in [1.82, 2.24) is 4.98 Å². The predicted molar refractivity (Wildman–Crippen MR) is 53.3 cm³/mol. The Kier molecular flexibility index (Phi) is 2.07. The highest BCUT2D eigenvalue weighted by atomic mass is 35.5. The van der Waals surface area contributed by atoms with Crippen LogP contribution in [0.4, 0.5) is 0 Å². The summed E-state index contributed by atoms with van der Waals surface area (Å²) < 4.78 is 5.18. The molecular weight excluding hydrogens is 186 g/mol. The molecule has 0 atom stereocenters. The van der Waals surface area contributed by atoms with Gasteiger partial charge in [0.15, 0.2) is 0 Å². The summed E-state index contributed by atoms with van der Waals surface area (Å²) in [4.78, 5) is 4.19. The number of benzene rings is 1. The van der Waals surface area contributed by atoms with Crippen molar-refractivity contribution >= 4 is 22.5 Å². The second-order valence-corrected chi connectivity index (χ2v) is 3.11. The Bertz CT molecular complexity index is 442. The van der Waals surface area contributed by atoms with Crippen LogP contribution >= 0.6 is 11.6 Å². The van der Waals surface area contributed by atoms with E-state index in [1.165, 1.54) is 0 Å². The fourth-order valence-corrected chi connectivity index (χ4v) is 1.44. The molecule has 66 valence electrons. The maximum Gasteiger partial charge on any atom is 0.129 e. The third-order valence-corrected chi connectivity index (χ3v) is 2.12. The third kappa shape index (κ3) is 1.45. The predicted octanol–water partition coefficient (Wildman–Crippen LogP) is 2.90. The molecule has 0 saturated carbocycles. The Labute approximate surface area is 81.1 Å². The topological polar surface area (TPSA) is 22.1 Å². The highest BCUT2D eigenvalue weighted by Crippen LogP contribution is 2.25. The lowest BCUT2D eigenvalue weighted by atomic mass is 10.2. The van der Waals surface area contributed by atoms with E-state index in [9.17, 15) is 0 Å². The number of hydrogen-bond acceptors (Lipinski definition) is 2. The number of methoxy groups -OCH3 is 1. The number of pyridine rings is 1. The lowest BCUT2D eigenvalue weighted by molar-refractivity contribution is 0.419. The molecule has 13 heavy (non-hydrogen) atoms. The van der Waals surface area contributed by atoms with Gasteiger partial charge < -0.3 is 4.74 Å². The summed E-state index contributed by atoms with van der Waals surface area (Å²) in [7, 11) is 1.63. The number of aromatic nitrogens is 1. The Morgan fingerprint density at radius 1 is 1.31 bits per heavy atom. The van der Waals surface area contributed by atoms with E-state index in [0.717, 1.165) is 16.7 Å². The number of nitrogens with zero attached hydrogens (tertiary/aromatic N) is 1. The Morgan fingerprint density at radius 2 is 2.15 bits per heavy atom. The first kappa shape index (κ1) is 8.32. The van der Waals surface area contributed by atoms with Crippen LogP contribution in [0.2, 0.25) is 5.02 Å². The Hall–Kier alpha value is -1.28. The van der Waals surface area contributed by atoms with Crippen LogP contribution in [0.15, 0.2) is 30.5 Å². The number of ether oxygens (including phenoxy) is 1. The SMILES string of the molecule is COc1ccnc2ccc(Cl)cc12. The summed E-state index contributed by atoms with van der Waals surface area (Å²) in [5, 5.41) is 1.64. The monoisotopic (exact) mass is 193 g/mol. The minimum absolute atomic E-state index is 0.693. The zero-order chi connectivity index (χ0) is 9.26. The molecule has 1 heterocycles. The minimum Gasteiger partial charge on any atom is -0.496 e. The minimum atomic E-state index is 0.693. The van der Waals surface area contributed by atoms with Crippen molar-refractivity contribution in [2.45, 2.75) is 0 Å². The van der Waals surface area contributed by atoms with Crippen LogP contribution in [-0.2, 0) is 0 Å². The smallest absolute Gasteiger partial charge is 0.129 e. The second kappa shape index (κ2) is 3.23. The molecule has 0 bridgehead atoms. The maximum absolute atomic E-state index is 5.86. The zero-order valence-electron chi connectivity index (χ0n) is 7.12. The van der Waals surface area contributed by atoms with Crippen LogP contribution in [0.5, 0.6) is 5.75 Å². The van der Waals surface area contributed by atoms with Gasteiger partial charge in [0.1, 0.15) is 5.75 Å². The standard InChI is InChI=1S/C10H8ClNO/c1-13-10-4-5-12-9-3-2-7(11)6-8(9)10/h2-6H,1H3. The molecule has 3 heteroatoms. The van der Waals surface area contributed by atoms with Gasteiger partial charge in [-0.05, 0) is 24.3 Å². The summed E-state index contributed by atoms with van der Waals surface area (Å²) in [5.74, 6) is 0.799. The average Bonchev–Trinajstić information content (AvgIpc) is 2.17. The molecule has 0 amide bonds. The molecule has 0 N–H and O–H groups in total. The lowest BCUT2D eigenvalue weighted by Gasteiger charge is -2.03. The van der Waals surface area contributed by atoms with E-state index in [-0.39, 0.29) is 0 Å². The highest BCUT2D eigenvalue weighted by Gasteiger charge is 2.01. The van der Waals surface area contributed by atoms with Crippen LogP contribution in [0, 0.1) is 0 Å². The van der Waals surface area contributed by atoms with E-state index >= 15 is 0 Å². The second-order valence-electron chi connectivity index (χ2n) is 2.67. The summed E-state index contributed by atoms with van der Waals surface area (Å²) in [6.45, 7) is 0. The first-order valence-corrected chi connectivity index (χ1v) is 4.27. The van der Waals surface area contributed by atoms with E-state index in [1.54, 1.807) is 13.3 Å². The molecule has 1 aromatic carbocycles. The van der Waals surface area contributed by atoms with Gasteiger partial charge >= 0.3 is 0 Å². The third-order valence-electron chi connectivity index (χ3n) is 1.88. The van der Waals surface area contributed by atoms with Crippen LogP contribution < -0.4 is 4.74 Å². The summed E-state index contributed by atoms with van der Waals surface area (Å²) >= 11 is 5.86. The van der Waals surface area contributed by atoms with E-state index < -0.39 is 0 Å². The molecule has 0 spiro atoms. The van der Waals surface area contributed by atoms with Crippen molar-refractivity contribution in [1.29, 1.82) is 0 Å². The first-order chi connectivity index (χ1) is 6.31. The largest absolute Gasteiger partial charge is 0.496 e. The first-order valence-electron chi connectivity index (χ1n) is 3.89. The molecule has 0 aliphatic rings. The molecular formula is C10H8ClNO. The molecule has 2 rings (SSSR count). The van der Waals surface area contributed by atoms with Gasteiger partial charge in [0, 0.05) is 16.6 Å². The van der Waals surface area contributed by atoms with Gasteiger partial charge in [-0.25, -0.2) is 0 Å². The lowest BCUT2D eigenvalue weighted by Crippen LogP contribution is -1.86. The van der Waals surface area contributed by atoms with Gasteiger partial charge in [-0.3, -0.25) is 4.98 Å². The maximum atomic E-state index is 5.86. The number of rotatable bonds is 1. The van der Waals surface area contributed by atoms with E-state index in [4.69, 9.17) is 16.3 Å². The zero-order valence-corrected chi connectivity index (χ0v) is 7.88. The van der Waals surface area contributed by atoms with Crippen LogP contribution in [0.25, 0.3) is 10.9 Å². The molecule has 0 saturated heterocycles.